The van der Waals surface area contributed by atoms with Crippen LogP contribution in [0.15, 0.2) is 54.6 Å². The van der Waals surface area contributed by atoms with Crippen molar-refractivity contribution >= 4 is 10.9 Å². The molecular weight excluding hydrogens is 286 g/mol. The van der Waals surface area contributed by atoms with Gasteiger partial charge in [0.05, 0.1) is 18.2 Å². The first-order valence-corrected chi connectivity index (χ1v) is 7.93. The summed E-state index contributed by atoms with van der Waals surface area (Å²) < 4.78 is 12.0. The molecule has 2 unspecified atom stereocenters. The molecule has 0 saturated heterocycles. The number of benzene rings is 2. The van der Waals surface area contributed by atoms with E-state index in [9.17, 15) is 0 Å². The molecule has 0 bridgehead atoms. The topological polar surface area (TPSA) is 31.4 Å². The van der Waals surface area contributed by atoms with E-state index in [2.05, 4.69) is 50.2 Å². The number of fused-ring (bicyclic) bond motifs is 2. The molecule has 3 heteroatoms. The lowest BCUT2D eigenvalue weighted by Crippen LogP contribution is -2.08. The van der Waals surface area contributed by atoms with Gasteiger partial charge in [-0.05, 0) is 31.5 Å². The number of para-hydroxylation sites is 1. The van der Waals surface area contributed by atoms with Crippen LogP contribution in [0.3, 0.4) is 0 Å². The van der Waals surface area contributed by atoms with E-state index in [0.717, 1.165) is 27.7 Å². The number of pyridine rings is 1. The van der Waals surface area contributed by atoms with Crippen molar-refractivity contribution in [2.75, 3.05) is 0 Å². The maximum Gasteiger partial charge on any atom is 0.202 e. The molecule has 0 radical (unpaired) electrons. The van der Waals surface area contributed by atoms with Crippen LogP contribution in [0.25, 0.3) is 10.9 Å². The fourth-order valence-electron chi connectivity index (χ4n) is 3.03. The first kappa shape index (κ1) is 14.4. The summed E-state index contributed by atoms with van der Waals surface area (Å²) in [6.07, 6.45) is -0.441. The molecule has 0 amide bonds. The Bertz CT molecular complexity index is 859. The van der Waals surface area contributed by atoms with Gasteiger partial charge >= 0.3 is 0 Å². The molecule has 2 atom stereocenters. The fourth-order valence-corrected chi connectivity index (χ4v) is 3.03. The third-order valence-corrected chi connectivity index (χ3v) is 4.29. The zero-order valence-electron chi connectivity index (χ0n) is 13.3. The van der Waals surface area contributed by atoms with Gasteiger partial charge in [-0.2, -0.15) is 0 Å². The van der Waals surface area contributed by atoms with Crippen molar-refractivity contribution in [2.24, 2.45) is 0 Å². The van der Waals surface area contributed by atoms with Crippen LogP contribution in [-0.2, 0) is 16.1 Å². The van der Waals surface area contributed by atoms with E-state index in [1.807, 2.05) is 18.2 Å². The molecule has 3 aromatic rings. The van der Waals surface area contributed by atoms with Gasteiger partial charge in [0.2, 0.25) is 6.29 Å². The Labute approximate surface area is 135 Å². The van der Waals surface area contributed by atoms with Crippen LogP contribution in [0.5, 0.6) is 0 Å². The molecule has 2 aromatic carbocycles. The van der Waals surface area contributed by atoms with Gasteiger partial charge in [-0.1, -0.05) is 48.0 Å². The molecule has 23 heavy (non-hydrogen) atoms. The molecule has 0 fully saturated rings. The van der Waals surface area contributed by atoms with E-state index >= 15 is 0 Å². The molecule has 0 spiro atoms. The summed E-state index contributed by atoms with van der Waals surface area (Å²) >= 11 is 0. The molecule has 0 saturated carbocycles. The summed E-state index contributed by atoms with van der Waals surface area (Å²) in [5.41, 5.74) is 5.39. The molecule has 2 heterocycles. The standard InChI is InChI=1S/C20H19NO2/c1-13-6-5-8-15(10-13)14(2)23-20-19-17(12-22-20)11-16-7-3-4-9-18(16)21-19/h3-11,14,20H,12H2,1-2H3. The molecule has 0 N–H and O–H groups in total. The van der Waals surface area contributed by atoms with Gasteiger partial charge in [-0.25, -0.2) is 4.98 Å². The van der Waals surface area contributed by atoms with Crippen molar-refractivity contribution < 1.29 is 9.47 Å². The minimum Gasteiger partial charge on any atom is -0.342 e. The molecular formula is C20H19NO2. The van der Waals surface area contributed by atoms with Gasteiger partial charge < -0.3 is 9.47 Å². The first-order chi connectivity index (χ1) is 11.2. The summed E-state index contributed by atoms with van der Waals surface area (Å²) in [6, 6.07) is 18.7. The summed E-state index contributed by atoms with van der Waals surface area (Å²) in [4.78, 5) is 4.75. The van der Waals surface area contributed by atoms with Crippen molar-refractivity contribution in [1.82, 2.24) is 4.98 Å². The third kappa shape index (κ3) is 2.74. The van der Waals surface area contributed by atoms with Crippen LogP contribution >= 0.6 is 0 Å². The lowest BCUT2D eigenvalue weighted by Gasteiger charge is -2.19. The minimum atomic E-state index is -0.398. The van der Waals surface area contributed by atoms with Crippen molar-refractivity contribution in [2.45, 2.75) is 32.8 Å². The summed E-state index contributed by atoms with van der Waals surface area (Å²) in [7, 11) is 0. The van der Waals surface area contributed by atoms with Crippen LogP contribution in [0.1, 0.15) is 41.7 Å². The highest BCUT2D eigenvalue weighted by Crippen LogP contribution is 2.35. The predicted octanol–water partition coefficient (Wildman–Crippen LogP) is 4.85. The quantitative estimate of drug-likeness (QED) is 0.693. The van der Waals surface area contributed by atoms with Gasteiger partial charge in [-0.3, -0.25) is 0 Å². The fraction of sp³-hybridized carbons (Fsp3) is 0.250. The highest BCUT2D eigenvalue weighted by molar-refractivity contribution is 5.79. The third-order valence-electron chi connectivity index (χ3n) is 4.29. The molecule has 1 aliphatic rings. The Balaban J connectivity index is 1.62. The number of hydrogen-bond acceptors (Lipinski definition) is 3. The lowest BCUT2D eigenvalue weighted by atomic mass is 10.1. The first-order valence-electron chi connectivity index (χ1n) is 7.93. The van der Waals surface area contributed by atoms with E-state index in [1.165, 1.54) is 5.56 Å². The Morgan fingerprint density at radius 1 is 1.13 bits per heavy atom. The SMILES string of the molecule is Cc1cccc(C(C)OC2OCc3cc4ccccc4nc32)c1. The van der Waals surface area contributed by atoms with Crippen molar-refractivity contribution in [3.8, 4) is 0 Å². The summed E-state index contributed by atoms with van der Waals surface area (Å²) in [5, 5.41) is 1.14. The van der Waals surface area contributed by atoms with Gasteiger partial charge in [0.15, 0.2) is 0 Å². The van der Waals surface area contributed by atoms with Crippen LogP contribution in [-0.4, -0.2) is 4.98 Å². The number of rotatable bonds is 3. The Hall–Kier alpha value is -2.23. The largest absolute Gasteiger partial charge is 0.342 e. The van der Waals surface area contributed by atoms with Crippen LogP contribution in [0, 0.1) is 6.92 Å². The van der Waals surface area contributed by atoms with E-state index in [-0.39, 0.29) is 6.10 Å². The smallest absolute Gasteiger partial charge is 0.202 e. The zero-order chi connectivity index (χ0) is 15.8. The molecule has 1 aromatic heterocycles. The highest BCUT2D eigenvalue weighted by Gasteiger charge is 2.28. The molecule has 3 nitrogen and oxygen atoms in total. The lowest BCUT2D eigenvalue weighted by molar-refractivity contribution is -0.167. The van der Waals surface area contributed by atoms with E-state index in [1.54, 1.807) is 0 Å². The minimum absolute atomic E-state index is 0.0425. The second kappa shape index (κ2) is 5.76. The van der Waals surface area contributed by atoms with Gasteiger partial charge in [-0.15, -0.1) is 0 Å². The predicted molar refractivity (Wildman–Crippen MR) is 90.0 cm³/mol. The van der Waals surface area contributed by atoms with E-state index in [4.69, 9.17) is 14.5 Å². The number of aromatic nitrogens is 1. The number of nitrogens with zero attached hydrogens (tertiary/aromatic N) is 1. The Kier molecular flexibility index (Phi) is 3.60. The van der Waals surface area contributed by atoms with Crippen molar-refractivity contribution in [3.63, 3.8) is 0 Å². The van der Waals surface area contributed by atoms with Crippen LogP contribution in [0.2, 0.25) is 0 Å². The monoisotopic (exact) mass is 305 g/mol. The van der Waals surface area contributed by atoms with Gasteiger partial charge in [0.1, 0.15) is 5.69 Å². The molecule has 4 rings (SSSR count). The Morgan fingerprint density at radius 2 is 2.00 bits per heavy atom. The molecule has 1 aliphatic heterocycles. The van der Waals surface area contributed by atoms with E-state index < -0.39 is 6.29 Å². The summed E-state index contributed by atoms with van der Waals surface area (Å²) in [6.45, 7) is 4.70. The zero-order valence-corrected chi connectivity index (χ0v) is 13.3. The van der Waals surface area contributed by atoms with Gasteiger partial charge in [0, 0.05) is 10.9 Å². The Morgan fingerprint density at radius 3 is 2.87 bits per heavy atom. The normalized spacial score (nSPS) is 18.1. The van der Waals surface area contributed by atoms with Gasteiger partial charge in [0.25, 0.3) is 0 Å². The van der Waals surface area contributed by atoms with Crippen molar-refractivity contribution in [3.05, 3.63) is 77.0 Å². The number of aryl methyl sites for hydroxylation is 1. The highest BCUT2D eigenvalue weighted by atomic mass is 16.7. The number of hydrogen-bond donors (Lipinski definition) is 0. The maximum atomic E-state index is 6.14. The van der Waals surface area contributed by atoms with Crippen LogP contribution in [0.4, 0.5) is 0 Å². The summed E-state index contributed by atoms with van der Waals surface area (Å²) in [5.74, 6) is 0. The average molecular weight is 305 g/mol. The maximum absolute atomic E-state index is 6.14. The molecule has 116 valence electrons. The second-order valence-electron chi connectivity index (χ2n) is 6.06. The molecule has 0 aliphatic carbocycles. The average Bonchev–Trinajstić information content (AvgIpc) is 2.94. The number of ether oxygens (including phenoxy) is 2. The van der Waals surface area contributed by atoms with E-state index in [0.29, 0.717) is 6.61 Å². The second-order valence-corrected chi connectivity index (χ2v) is 6.06. The van der Waals surface area contributed by atoms with Crippen molar-refractivity contribution in [1.29, 1.82) is 0 Å². The van der Waals surface area contributed by atoms with Crippen LogP contribution < -0.4 is 0 Å².